The third-order valence-electron chi connectivity index (χ3n) is 11.9. The molecule has 3 heterocycles. The molecule has 1 aromatic heterocycles. The van der Waals surface area contributed by atoms with Gasteiger partial charge in [-0.25, -0.2) is 14.6 Å². The minimum Gasteiger partial charge on any atom is -0.448 e. The molecule has 3 amide bonds. The number of amides is 3. The fourth-order valence-corrected chi connectivity index (χ4v) is 15.4. The Bertz CT molecular complexity index is 2870. The Balaban J connectivity index is 1.13. The Labute approximate surface area is 403 Å². The van der Waals surface area contributed by atoms with E-state index in [1.807, 2.05) is 115 Å². The number of carbonyl (C=O) groups excluding carboxylic acids is 4. The smallest absolute Gasteiger partial charge is 0.409 e. The van der Waals surface area contributed by atoms with Crippen molar-refractivity contribution in [3.05, 3.63) is 198 Å². The van der Waals surface area contributed by atoms with Crippen molar-refractivity contribution in [1.82, 2.24) is 20.5 Å². The van der Waals surface area contributed by atoms with Crippen LogP contribution < -0.4 is 38.0 Å². The van der Waals surface area contributed by atoms with Gasteiger partial charge in [0.15, 0.2) is 16.9 Å². The zero-order valence-electron chi connectivity index (χ0n) is 37.6. The van der Waals surface area contributed by atoms with Crippen LogP contribution in [0.25, 0.3) is 10.2 Å². The van der Waals surface area contributed by atoms with E-state index in [9.17, 15) is 14.4 Å². The highest BCUT2D eigenvalue weighted by molar-refractivity contribution is 8.00. The van der Waals surface area contributed by atoms with Gasteiger partial charge in [0.25, 0.3) is 11.8 Å². The minimum absolute atomic E-state index is 0.132. The highest BCUT2D eigenvalue weighted by Gasteiger charge is 2.58. The van der Waals surface area contributed by atoms with Crippen LogP contribution in [0.2, 0.25) is 0 Å². The number of aromatic nitrogens is 1. The maximum Gasteiger partial charge on any atom is 0.409 e. The number of nitrogens with one attached hydrogen (secondary N) is 2. The normalized spacial score (nSPS) is 16.9. The van der Waals surface area contributed by atoms with Crippen LogP contribution in [0.4, 0.5) is 9.93 Å². The fraction of sp³-hybridized carbons (Fsp3) is 0.189. The number of hydrogen-bond acceptors (Lipinski definition) is 11. The number of anilines is 1. The van der Waals surface area contributed by atoms with Crippen LogP contribution in [0.5, 0.6) is 0 Å². The van der Waals surface area contributed by atoms with Gasteiger partial charge in [-0.1, -0.05) is 133 Å². The second kappa shape index (κ2) is 19.0. The van der Waals surface area contributed by atoms with Gasteiger partial charge in [-0.05, 0) is 80.4 Å². The zero-order chi connectivity index (χ0) is 47.6. The van der Waals surface area contributed by atoms with E-state index in [-0.39, 0.29) is 11.3 Å². The molecule has 0 saturated carbocycles. The molecule has 2 aliphatic heterocycles. The first-order valence-corrected chi connectivity index (χ1v) is 25.9. The van der Waals surface area contributed by atoms with Crippen LogP contribution in [0.3, 0.4) is 0 Å². The number of fused-ring (bicyclic) bond motifs is 2. The lowest BCUT2D eigenvalue weighted by atomic mass is 9.96. The first kappa shape index (κ1) is 46.3. The summed E-state index contributed by atoms with van der Waals surface area (Å²) in [7, 11) is -2.60. The molecule has 2 aliphatic rings. The molecule has 9 rings (SSSR count). The number of benzene rings is 6. The quantitative estimate of drug-likeness (QED) is 0.0392. The maximum atomic E-state index is 15.4. The second-order valence-electron chi connectivity index (χ2n) is 17.6. The number of hydrogen-bond donors (Lipinski definition) is 4. The number of nitrogen functional groups attached to an aromatic ring is 1. The first-order chi connectivity index (χ1) is 32.7. The van der Waals surface area contributed by atoms with Gasteiger partial charge in [0, 0.05) is 16.9 Å². The van der Waals surface area contributed by atoms with E-state index < -0.39 is 59.9 Å². The number of nitrogens with two attached hydrogens (primary N) is 2. The molecule has 1 saturated heterocycles. The minimum atomic E-state index is -2.60. The molecule has 3 atom stereocenters. The van der Waals surface area contributed by atoms with Gasteiger partial charge in [0.05, 0.1) is 16.4 Å². The summed E-state index contributed by atoms with van der Waals surface area (Å²) in [5, 5.41) is 8.34. The molecule has 15 heteroatoms. The van der Waals surface area contributed by atoms with Crippen molar-refractivity contribution >= 4 is 85.5 Å². The summed E-state index contributed by atoms with van der Waals surface area (Å²) in [6.45, 7) is 5.07. The summed E-state index contributed by atoms with van der Waals surface area (Å²) in [5.41, 5.74) is 13.0. The molecule has 6 aromatic carbocycles. The summed E-state index contributed by atoms with van der Waals surface area (Å²) in [6, 6.07) is 53.7. The molecule has 0 aliphatic carbocycles. The largest absolute Gasteiger partial charge is 0.448 e. The summed E-state index contributed by atoms with van der Waals surface area (Å²) in [4.78, 5) is 64.2. The van der Waals surface area contributed by atoms with Crippen molar-refractivity contribution in [1.29, 1.82) is 0 Å². The van der Waals surface area contributed by atoms with Crippen LogP contribution >= 0.6 is 30.4 Å². The Morgan fingerprint density at radius 1 is 0.779 bits per heavy atom. The van der Waals surface area contributed by atoms with Crippen molar-refractivity contribution in [2.24, 2.45) is 5.73 Å². The van der Waals surface area contributed by atoms with Gasteiger partial charge < -0.3 is 20.5 Å². The van der Waals surface area contributed by atoms with E-state index in [0.717, 1.165) is 32.6 Å². The molecule has 0 bridgehead atoms. The zero-order valence-corrected chi connectivity index (χ0v) is 40.1. The van der Waals surface area contributed by atoms with Crippen LogP contribution in [0.15, 0.2) is 181 Å². The maximum absolute atomic E-state index is 15.4. The lowest BCUT2D eigenvalue weighted by molar-refractivity contribution is -0.155. The molecule has 12 nitrogen and oxygen atoms in total. The third kappa shape index (κ3) is 9.12. The molecule has 0 spiro atoms. The van der Waals surface area contributed by atoms with Crippen molar-refractivity contribution in [3.8, 4) is 0 Å². The molecular formula is C53H50N6O6PS2+. The summed E-state index contributed by atoms with van der Waals surface area (Å²) in [6.07, 6.45) is -1.34. The van der Waals surface area contributed by atoms with E-state index in [0.29, 0.717) is 27.3 Å². The number of thiazole rings is 1. The Morgan fingerprint density at radius 3 is 1.81 bits per heavy atom. The van der Waals surface area contributed by atoms with Gasteiger partial charge in [0.1, 0.15) is 45.9 Å². The highest BCUT2D eigenvalue weighted by Crippen LogP contribution is 2.58. The number of esters is 1. The summed E-state index contributed by atoms with van der Waals surface area (Å²) >= 11 is 2.63. The van der Waals surface area contributed by atoms with Crippen LogP contribution in [0, 0.1) is 0 Å². The molecular weight excluding hydrogens is 912 g/mol. The van der Waals surface area contributed by atoms with E-state index in [1.54, 1.807) is 39.0 Å². The summed E-state index contributed by atoms with van der Waals surface area (Å²) < 4.78 is 12.8. The average Bonchev–Trinajstić information content (AvgIpc) is 3.73. The highest BCUT2D eigenvalue weighted by atomic mass is 32.2. The third-order valence-corrected chi connectivity index (χ3v) is 18.5. The molecule has 7 aromatic rings. The van der Waals surface area contributed by atoms with Gasteiger partial charge in [-0.15, -0.1) is 11.8 Å². The van der Waals surface area contributed by atoms with Crippen LogP contribution in [0.1, 0.15) is 43.6 Å². The van der Waals surface area contributed by atoms with Gasteiger partial charge in [-0.2, -0.15) is 0 Å². The number of thioether (sulfide) groups is 1. The second-order valence-corrected chi connectivity index (χ2v) is 23.2. The number of β-lactam (4-membered cyclic amide) rings is 1. The number of carbonyl (C=O) groups is 4. The average molecular weight is 962 g/mol. The Kier molecular flexibility index (Phi) is 13.0. The van der Waals surface area contributed by atoms with E-state index >= 15 is 4.79 Å². The van der Waals surface area contributed by atoms with Crippen molar-refractivity contribution < 1.29 is 28.7 Å². The van der Waals surface area contributed by atoms with Crippen LogP contribution in [-0.4, -0.2) is 62.7 Å². The number of nitrogens with zero attached hydrogens (tertiary/aromatic N) is 2. The molecule has 344 valence electrons. The monoisotopic (exact) mass is 961 g/mol. The fourth-order valence-electron chi connectivity index (χ4n) is 8.76. The van der Waals surface area contributed by atoms with E-state index in [2.05, 4.69) is 52.0 Å². The van der Waals surface area contributed by atoms with Gasteiger partial charge in [0.2, 0.25) is 0 Å². The van der Waals surface area contributed by atoms with Crippen molar-refractivity contribution in [2.45, 2.75) is 49.6 Å². The number of rotatable bonds is 13. The standard InChI is InChI=1S/C53H49N6O6PS2/c1-52(2,3)65-51(63)58-53(55,37-29-30-41-42(31-37)68-50(54)56-41)49(62)57-43-46(60)59-44(48(61)64-45(34-19-9-4-10-20-34)35-21-11-5-12-22-35)36(33-67-47(43)59)32-66(38-23-13-6-14-24-38,39-25-15-7-16-26-39)40-27-17-8-18-28-40/h4-31,43,45,47H,32-33,55H2,1-3H3,(H3-,54,56,57,58,62,63)/p+1/t43?,47-,53?/m0/s1. The Morgan fingerprint density at radius 2 is 1.29 bits per heavy atom. The van der Waals surface area contributed by atoms with Gasteiger partial charge >= 0.3 is 12.1 Å². The number of alkyl carbamates (subject to hydrolysis) is 1. The molecule has 2 unspecified atom stereocenters. The molecule has 6 N–H and O–H groups in total. The van der Waals surface area contributed by atoms with E-state index in [4.69, 9.17) is 20.9 Å². The predicted molar refractivity (Wildman–Crippen MR) is 272 cm³/mol. The van der Waals surface area contributed by atoms with Crippen molar-refractivity contribution in [2.75, 3.05) is 17.6 Å². The lowest BCUT2D eigenvalue weighted by Crippen LogP contribution is -2.74. The first-order valence-electron chi connectivity index (χ1n) is 22.1. The molecule has 1 fully saturated rings. The molecule has 0 radical (unpaired) electrons. The Hall–Kier alpha value is -6.83. The lowest BCUT2D eigenvalue weighted by Gasteiger charge is -2.50. The van der Waals surface area contributed by atoms with E-state index in [1.165, 1.54) is 28.0 Å². The van der Waals surface area contributed by atoms with Crippen molar-refractivity contribution in [3.63, 3.8) is 0 Å². The van der Waals surface area contributed by atoms with Gasteiger partial charge in [-0.3, -0.25) is 25.5 Å². The van der Waals surface area contributed by atoms with Crippen LogP contribution in [-0.2, 0) is 29.5 Å². The SMILES string of the molecule is CC(C)(C)OC(=O)NC(N)(C(=O)NC1C(=O)N2C(C(=O)OC(c3ccccc3)c3ccccc3)=C(C[P+](c3ccccc3)(c3ccccc3)c3ccccc3)CS[C@@H]12)c1ccc2nc(N)sc2c1. The summed E-state index contributed by atoms with van der Waals surface area (Å²) in [5.74, 6) is -1.75. The predicted octanol–water partition coefficient (Wildman–Crippen LogP) is 7.50. The molecule has 68 heavy (non-hydrogen) atoms. The number of ether oxygens (including phenoxy) is 2. The topological polar surface area (TPSA) is 179 Å².